The summed E-state index contributed by atoms with van der Waals surface area (Å²) in [6.45, 7) is 4.96. The Balaban J connectivity index is 1.85. The predicted octanol–water partition coefficient (Wildman–Crippen LogP) is -0.197. The fraction of sp³-hybridized carbons (Fsp3) is 1.00. The van der Waals surface area contributed by atoms with E-state index in [4.69, 9.17) is 0 Å². The lowest BCUT2D eigenvalue weighted by Crippen LogP contribution is -2.52. The predicted molar refractivity (Wildman–Crippen MR) is 48.1 cm³/mol. The third-order valence-electron chi connectivity index (χ3n) is 2.81. The van der Waals surface area contributed by atoms with Crippen LogP contribution < -0.4 is 5.32 Å². The Labute approximate surface area is 73.8 Å². The quantitative estimate of drug-likeness (QED) is 0.602. The summed E-state index contributed by atoms with van der Waals surface area (Å²) in [5.74, 6) is 0. The van der Waals surface area contributed by atoms with Gasteiger partial charge in [0.05, 0.1) is 6.10 Å². The molecule has 2 aliphatic heterocycles. The van der Waals surface area contributed by atoms with Gasteiger partial charge in [0, 0.05) is 31.7 Å². The fourth-order valence-electron chi connectivity index (χ4n) is 2.41. The van der Waals surface area contributed by atoms with Gasteiger partial charge >= 0.3 is 0 Å². The first-order valence-corrected chi connectivity index (χ1v) is 4.90. The van der Waals surface area contributed by atoms with Crippen molar-refractivity contribution in [1.29, 1.82) is 0 Å². The van der Waals surface area contributed by atoms with Crippen LogP contribution in [-0.2, 0) is 0 Å². The van der Waals surface area contributed by atoms with E-state index in [1.165, 1.54) is 12.8 Å². The number of nitrogens with one attached hydrogen (secondary N) is 1. The topological polar surface area (TPSA) is 35.5 Å². The maximum atomic E-state index is 9.24. The van der Waals surface area contributed by atoms with Crippen molar-refractivity contribution in [2.45, 2.75) is 38.0 Å². The van der Waals surface area contributed by atoms with Gasteiger partial charge in [-0.05, 0) is 19.8 Å². The summed E-state index contributed by atoms with van der Waals surface area (Å²) in [7, 11) is 0. The fourth-order valence-corrected chi connectivity index (χ4v) is 2.41. The van der Waals surface area contributed by atoms with Gasteiger partial charge < -0.3 is 10.4 Å². The van der Waals surface area contributed by atoms with Gasteiger partial charge in [0.25, 0.3) is 0 Å². The van der Waals surface area contributed by atoms with Crippen LogP contribution in [0.15, 0.2) is 0 Å². The lowest BCUT2D eigenvalue weighted by molar-refractivity contribution is 0.104. The lowest BCUT2D eigenvalue weighted by atomic mass is 10.2. The second kappa shape index (κ2) is 3.32. The zero-order chi connectivity index (χ0) is 8.55. The second-order valence-corrected chi connectivity index (χ2v) is 4.21. The summed E-state index contributed by atoms with van der Waals surface area (Å²) in [4.78, 5) is 2.38. The third kappa shape index (κ3) is 1.79. The van der Waals surface area contributed by atoms with Crippen molar-refractivity contribution in [3.05, 3.63) is 0 Å². The largest absolute Gasteiger partial charge is 0.392 e. The molecule has 0 radical (unpaired) electrons. The first kappa shape index (κ1) is 8.48. The Bertz CT molecular complexity index is 149. The van der Waals surface area contributed by atoms with Crippen molar-refractivity contribution in [1.82, 2.24) is 10.2 Å². The summed E-state index contributed by atoms with van der Waals surface area (Å²) in [5.41, 5.74) is 0. The highest BCUT2D eigenvalue weighted by Gasteiger charge is 2.31. The Morgan fingerprint density at radius 1 is 1.42 bits per heavy atom. The highest BCUT2D eigenvalue weighted by atomic mass is 16.3. The molecule has 2 fully saturated rings. The Morgan fingerprint density at radius 3 is 2.50 bits per heavy atom. The number of likely N-dealkylation sites (tertiary alicyclic amines) is 1. The van der Waals surface area contributed by atoms with Gasteiger partial charge in [-0.25, -0.2) is 0 Å². The molecule has 3 heteroatoms. The first-order valence-electron chi connectivity index (χ1n) is 4.90. The normalized spacial score (nSPS) is 38.5. The Morgan fingerprint density at radius 2 is 2.00 bits per heavy atom. The van der Waals surface area contributed by atoms with Gasteiger partial charge in [-0.2, -0.15) is 0 Å². The molecule has 2 aliphatic rings. The van der Waals surface area contributed by atoms with Crippen LogP contribution in [-0.4, -0.2) is 47.8 Å². The molecule has 0 aromatic rings. The number of β-amino-alcohol motifs (C(OH)–C–C–N with tert-alkyl or cyclic N) is 1. The van der Waals surface area contributed by atoms with Gasteiger partial charge in [0.2, 0.25) is 0 Å². The number of aliphatic hydroxyl groups is 1. The molecule has 2 saturated heterocycles. The van der Waals surface area contributed by atoms with Gasteiger partial charge in [0.15, 0.2) is 0 Å². The first-order chi connectivity index (χ1) is 5.74. The van der Waals surface area contributed by atoms with E-state index in [2.05, 4.69) is 10.2 Å². The summed E-state index contributed by atoms with van der Waals surface area (Å²) in [6, 6.07) is 1.39. The average molecular weight is 170 g/mol. The molecule has 3 atom stereocenters. The molecule has 2 bridgehead atoms. The van der Waals surface area contributed by atoms with Crippen LogP contribution in [0.4, 0.5) is 0 Å². The van der Waals surface area contributed by atoms with E-state index >= 15 is 0 Å². The number of aliphatic hydroxyl groups excluding tert-OH is 1. The van der Waals surface area contributed by atoms with Crippen LogP contribution >= 0.6 is 0 Å². The van der Waals surface area contributed by atoms with Crippen LogP contribution in [0.1, 0.15) is 19.8 Å². The SMILES string of the molecule is C[C@H](O)CN1CC2CCC(C1)N2. The van der Waals surface area contributed by atoms with Crippen LogP contribution in [0.2, 0.25) is 0 Å². The van der Waals surface area contributed by atoms with E-state index in [1.54, 1.807) is 0 Å². The van der Waals surface area contributed by atoms with Crippen LogP contribution in [0, 0.1) is 0 Å². The monoisotopic (exact) mass is 170 g/mol. The molecule has 3 nitrogen and oxygen atoms in total. The molecule has 2 rings (SSSR count). The number of nitrogens with zero attached hydrogens (tertiary/aromatic N) is 1. The van der Waals surface area contributed by atoms with Crippen LogP contribution in [0.25, 0.3) is 0 Å². The van der Waals surface area contributed by atoms with Gasteiger partial charge in [-0.15, -0.1) is 0 Å². The average Bonchev–Trinajstić information content (AvgIpc) is 2.29. The van der Waals surface area contributed by atoms with Crippen LogP contribution in [0.3, 0.4) is 0 Å². The zero-order valence-corrected chi connectivity index (χ0v) is 7.66. The van der Waals surface area contributed by atoms with E-state index in [9.17, 15) is 5.11 Å². The van der Waals surface area contributed by atoms with Crippen molar-refractivity contribution in [2.75, 3.05) is 19.6 Å². The summed E-state index contributed by atoms with van der Waals surface area (Å²) in [5, 5.41) is 12.8. The molecule has 2 unspecified atom stereocenters. The number of piperazine rings is 1. The molecule has 2 N–H and O–H groups in total. The third-order valence-corrected chi connectivity index (χ3v) is 2.81. The second-order valence-electron chi connectivity index (χ2n) is 4.21. The van der Waals surface area contributed by atoms with Crippen molar-refractivity contribution in [3.8, 4) is 0 Å². The molecule has 0 aliphatic carbocycles. The van der Waals surface area contributed by atoms with E-state index in [0.717, 1.165) is 19.6 Å². The molecule has 70 valence electrons. The molecule has 2 heterocycles. The molecule has 0 aromatic heterocycles. The van der Waals surface area contributed by atoms with E-state index < -0.39 is 0 Å². The molecule has 0 spiro atoms. The highest BCUT2D eigenvalue weighted by molar-refractivity contribution is 4.92. The standard InChI is InChI=1S/C9H18N2O/c1-7(12)4-11-5-8-2-3-9(6-11)10-8/h7-10,12H,2-6H2,1H3/t7-,8?,9?/m0/s1. The zero-order valence-electron chi connectivity index (χ0n) is 7.66. The molecule has 12 heavy (non-hydrogen) atoms. The number of hydrogen-bond acceptors (Lipinski definition) is 3. The highest BCUT2D eigenvalue weighted by Crippen LogP contribution is 2.19. The van der Waals surface area contributed by atoms with Crippen LogP contribution in [0.5, 0.6) is 0 Å². The molecule has 0 amide bonds. The molecule has 0 aromatic carbocycles. The Kier molecular flexibility index (Phi) is 2.35. The van der Waals surface area contributed by atoms with Gasteiger partial charge in [-0.3, -0.25) is 4.90 Å². The number of rotatable bonds is 2. The minimum Gasteiger partial charge on any atom is -0.392 e. The van der Waals surface area contributed by atoms with Crippen molar-refractivity contribution in [3.63, 3.8) is 0 Å². The van der Waals surface area contributed by atoms with Gasteiger partial charge in [0.1, 0.15) is 0 Å². The molecule has 0 saturated carbocycles. The summed E-state index contributed by atoms with van der Waals surface area (Å²) < 4.78 is 0. The number of hydrogen-bond donors (Lipinski definition) is 2. The number of fused-ring (bicyclic) bond motifs is 2. The summed E-state index contributed by atoms with van der Waals surface area (Å²) >= 11 is 0. The lowest BCUT2D eigenvalue weighted by Gasteiger charge is -2.33. The smallest absolute Gasteiger partial charge is 0.0639 e. The van der Waals surface area contributed by atoms with E-state index in [0.29, 0.717) is 12.1 Å². The van der Waals surface area contributed by atoms with Crippen molar-refractivity contribution < 1.29 is 5.11 Å². The van der Waals surface area contributed by atoms with Gasteiger partial charge in [-0.1, -0.05) is 0 Å². The van der Waals surface area contributed by atoms with E-state index in [-0.39, 0.29) is 6.10 Å². The maximum Gasteiger partial charge on any atom is 0.0639 e. The molecular formula is C9H18N2O. The van der Waals surface area contributed by atoms with E-state index in [1.807, 2.05) is 6.92 Å². The van der Waals surface area contributed by atoms with Crippen molar-refractivity contribution in [2.24, 2.45) is 0 Å². The van der Waals surface area contributed by atoms with Crippen molar-refractivity contribution >= 4 is 0 Å². The minimum atomic E-state index is -0.178. The maximum absolute atomic E-state index is 9.24. The summed E-state index contributed by atoms with van der Waals surface area (Å²) in [6.07, 6.45) is 2.46. The Hall–Kier alpha value is -0.120. The minimum absolute atomic E-state index is 0.178. The molecular weight excluding hydrogens is 152 g/mol.